The van der Waals surface area contributed by atoms with Crippen LogP contribution in [0.15, 0.2) is 60.7 Å². The van der Waals surface area contributed by atoms with E-state index < -0.39 is 0 Å². The molecule has 0 heterocycles. The molecule has 2 rings (SSSR count). The van der Waals surface area contributed by atoms with Gasteiger partial charge in [0, 0.05) is 25.7 Å². The highest BCUT2D eigenvalue weighted by atomic mass is 16.5. The van der Waals surface area contributed by atoms with Crippen molar-refractivity contribution in [3.05, 3.63) is 71.8 Å². The molecule has 4 nitrogen and oxygen atoms in total. The first-order chi connectivity index (χ1) is 12.2. The molecule has 0 aliphatic carbocycles. The van der Waals surface area contributed by atoms with Crippen LogP contribution in [-0.2, 0) is 31.9 Å². The summed E-state index contributed by atoms with van der Waals surface area (Å²) in [5.41, 5.74) is 2.27. The zero-order valence-corrected chi connectivity index (χ0v) is 14.4. The van der Waals surface area contributed by atoms with E-state index in [0.29, 0.717) is 32.5 Å². The van der Waals surface area contributed by atoms with Gasteiger partial charge in [-0.05, 0) is 17.5 Å². The average molecular weight is 340 g/mol. The monoisotopic (exact) mass is 340 g/mol. The second kappa shape index (κ2) is 11.0. The lowest BCUT2D eigenvalue weighted by Crippen LogP contribution is -2.10. The molecular formula is C21H24O4. The number of esters is 2. The van der Waals surface area contributed by atoms with Gasteiger partial charge in [0.2, 0.25) is 0 Å². The highest BCUT2D eigenvalue weighted by Crippen LogP contribution is 2.04. The molecule has 0 saturated carbocycles. The van der Waals surface area contributed by atoms with Crippen LogP contribution in [0.4, 0.5) is 0 Å². The highest BCUT2D eigenvalue weighted by molar-refractivity contribution is 5.72. The second-order valence-corrected chi connectivity index (χ2v) is 5.77. The fraction of sp³-hybridized carbons (Fsp3) is 0.333. The van der Waals surface area contributed by atoms with Gasteiger partial charge in [0.1, 0.15) is 0 Å². The molecular weight excluding hydrogens is 316 g/mol. The predicted molar refractivity (Wildman–Crippen MR) is 96.1 cm³/mol. The molecule has 0 unspecified atom stereocenters. The van der Waals surface area contributed by atoms with Crippen molar-refractivity contribution in [1.29, 1.82) is 0 Å². The van der Waals surface area contributed by atoms with Gasteiger partial charge in [-0.15, -0.1) is 0 Å². The highest BCUT2D eigenvalue weighted by Gasteiger charge is 2.07. The van der Waals surface area contributed by atoms with Gasteiger partial charge in [0.15, 0.2) is 0 Å². The molecule has 0 aromatic heterocycles. The van der Waals surface area contributed by atoms with Crippen LogP contribution < -0.4 is 0 Å². The average Bonchev–Trinajstić information content (AvgIpc) is 2.63. The Kier molecular flexibility index (Phi) is 8.25. The van der Waals surface area contributed by atoms with Gasteiger partial charge in [-0.3, -0.25) is 9.59 Å². The summed E-state index contributed by atoms with van der Waals surface area (Å²) in [5, 5.41) is 0. The third-order valence-electron chi connectivity index (χ3n) is 3.76. The van der Waals surface area contributed by atoms with E-state index in [1.54, 1.807) is 0 Å². The molecule has 2 aromatic carbocycles. The molecule has 132 valence electrons. The van der Waals surface area contributed by atoms with Crippen molar-refractivity contribution in [2.75, 3.05) is 13.2 Å². The normalized spacial score (nSPS) is 10.2. The van der Waals surface area contributed by atoms with Crippen molar-refractivity contribution in [3.63, 3.8) is 0 Å². The lowest BCUT2D eigenvalue weighted by molar-refractivity contribution is -0.145. The summed E-state index contributed by atoms with van der Waals surface area (Å²) in [6.07, 6.45) is 2.34. The Labute approximate surface area is 148 Å². The fourth-order valence-electron chi connectivity index (χ4n) is 2.38. The molecule has 4 heteroatoms. The van der Waals surface area contributed by atoms with Crippen LogP contribution in [0.25, 0.3) is 0 Å². The van der Waals surface area contributed by atoms with Gasteiger partial charge in [-0.2, -0.15) is 0 Å². The van der Waals surface area contributed by atoms with E-state index >= 15 is 0 Å². The minimum absolute atomic E-state index is 0.239. The van der Waals surface area contributed by atoms with Gasteiger partial charge < -0.3 is 9.47 Å². The molecule has 0 amide bonds. The van der Waals surface area contributed by atoms with Crippen molar-refractivity contribution in [2.45, 2.75) is 32.1 Å². The first-order valence-electron chi connectivity index (χ1n) is 8.63. The van der Waals surface area contributed by atoms with Crippen LogP contribution in [0.5, 0.6) is 0 Å². The minimum atomic E-state index is -0.270. The van der Waals surface area contributed by atoms with E-state index in [4.69, 9.17) is 9.47 Å². The van der Waals surface area contributed by atoms with Crippen LogP contribution in [0.1, 0.15) is 30.4 Å². The van der Waals surface area contributed by atoms with Gasteiger partial charge in [-0.25, -0.2) is 0 Å². The summed E-state index contributed by atoms with van der Waals surface area (Å²) in [5.74, 6) is -0.541. The molecule has 0 radical (unpaired) electrons. The number of hydrogen-bond acceptors (Lipinski definition) is 4. The number of carbonyl (C=O) groups excluding carboxylic acids is 2. The Bertz CT molecular complexity index is 580. The second-order valence-electron chi connectivity index (χ2n) is 5.77. The Morgan fingerprint density at radius 1 is 0.640 bits per heavy atom. The van der Waals surface area contributed by atoms with Gasteiger partial charge in [0.25, 0.3) is 0 Å². The topological polar surface area (TPSA) is 52.6 Å². The Balaban J connectivity index is 1.49. The predicted octanol–water partition coefficient (Wildman–Crippen LogP) is 3.73. The van der Waals surface area contributed by atoms with Gasteiger partial charge in [0.05, 0.1) is 13.2 Å². The molecule has 0 fully saturated rings. The van der Waals surface area contributed by atoms with E-state index in [0.717, 1.165) is 11.1 Å². The van der Waals surface area contributed by atoms with E-state index in [1.807, 2.05) is 60.7 Å². The summed E-state index contributed by atoms with van der Waals surface area (Å²) < 4.78 is 10.4. The van der Waals surface area contributed by atoms with Crippen LogP contribution in [0.3, 0.4) is 0 Å². The van der Waals surface area contributed by atoms with E-state index in [1.165, 1.54) is 0 Å². The summed E-state index contributed by atoms with van der Waals surface area (Å²) in [4.78, 5) is 23.3. The van der Waals surface area contributed by atoms with Crippen LogP contribution in [0.2, 0.25) is 0 Å². The number of carbonyl (C=O) groups is 2. The summed E-state index contributed by atoms with van der Waals surface area (Å²) in [6.45, 7) is 0.731. The molecule has 0 bridgehead atoms. The first kappa shape index (κ1) is 18.7. The zero-order valence-electron chi connectivity index (χ0n) is 14.4. The molecule has 0 atom stereocenters. The molecule has 2 aromatic rings. The molecule has 0 aliphatic heterocycles. The van der Waals surface area contributed by atoms with Gasteiger partial charge in [-0.1, -0.05) is 60.7 Å². The maximum absolute atomic E-state index is 11.6. The van der Waals surface area contributed by atoms with Crippen LogP contribution >= 0.6 is 0 Å². The zero-order chi connectivity index (χ0) is 17.7. The largest absolute Gasteiger partial charge is 0.465 e. The number of hydrogen-bond donors (Lipinski definition) is 0. The fourth-order valence-corrected chi connectivity index (χ4v) is 2.38. The molecule has 0 aliphatic rings. The summed E-state index contributed by atoms with van der Waals surface area (Å²) in [7, 11) is 0. The van der Waals surface area contributed by atoms with Crippen LogP contribution in [0, 0.1) is 0 Å². The van der Waals surface area contributed by atoms with E-state index in [9.17, 15) is 9.59 Å². The summed E-state index contributed by atoms with van der Waals surface area (Å²) in [6, 6.07) is 19.7. The van der Waals surface area contributed by atoms with E-state index in [-0.39, 0.29) is 24.8 Å². The Morgan fingerprint density at radius 3 is 1.44 bits per heavy atom. The number of rotatable bonds is 10. The maximum atomic E-state index is 11.6. The number of benzene rings is 2. The van der Waals surface area contributed by atoms with E-state index in [2.05, 4.69) is 0 Å². The van der Waals surface area contributed by atoms with Gasteiger partial charge >= 0.3 is 11.9 Å². The molecule has 0 spiro atoms. The number of ether oxygens (including phenoxy) is 2. The maximum Gasteiger partial charge on any atom is 0.305 e. The minimum Gasteiger partial charge on any atom is -0.465 e. The molecule has 0 saturated heterocycles. The van der Waals surface area contributed by atoms with Crippen molar-refractivity contribution in [1.82, 2.24) is 0 Å². The lowest BCUT2D eigenvalue weighted by atomic mass is 10.2. The third kappa shape index (κ3) is 8.15. The standard InChI is InChI=1S/C21H24O4/c22-20(24-16-14-18-8-3-1-4-9-18)12-7-13-21(23)25-17-15-19-10-5-2-6-11-19/h1-6,8-11H,7,12-17H2. The van der Waals surface area contributed by atoms with Crippen LogP contribution in [-0.4, -0.2) is 25.2 Å². The molecule has 25 heavy (non-hydrogen) atoms. The third-order valence-corrected chi connectivity index (χ3v) is 3.76. The molecule has 0 N–H and O–H groups in total. The Morgan fingerprint density at radius 2 is 1.04 bits per heavy atom. The van der Waals surface area contributed by atoms with Crippen molar-refractivity contribution >= 4 is 11.9 Å². The summed E-state index contributed by atoms with van der Waals surface area (Å²) >= 11 is 0. The SMILES string of the molecule is O=C(CCCC(=O)OCCc1ccccc1)OCCc1ccccc1. The first-order valence-corrected chi connectivity index (χ1v) is 8.63. The Hall–Kier alpha value is -2.62. The smallest absolute Gasteiger partial charge is 0.305 e. The van der Waals surface area contributed by atoms with Crippen molar-refractivity contribution in [3.8, 4) is 0 Å². The quantitative estimate of drug-likeness (QED) is 0.619. The lowest BCUT2D eigenvalue weighted by Gasteiger charge is -2.06. The van der Waals surface area contributed by atoms with Crippen molar-refractivity contribution in [2.24, 2.45) is 0 Å². The van der Waals surface area contributed by atoms with Crippen molar-refractivity contribution < 1.29 is 19.1 Å².